The van der Waals surface area contributed by atoms with E-state index in [2.05, 4.69) is 10.1 Å². The van der Waals surface area contributed by atoms with Crippen LogP contribution in [0.15, 0.2) is 29.7 Å². The van der Waals surface area contributed by atoms with E-state index in [0.29, 0.717) is 6.61 Å². The molecule has 0 unspecified atom stereocenters. The Bertz CT molecular complexity index is 314. The van der Waals surface area contributed by atoms with E-state index >= 15 is 0 Å². The number of hydrogen-bond acceptors (Lipinski definition) is 3. The van der Waals surface area contributed by atoms with Crippen LogP contribution in [0.1, 0.15) is 37.7 Å². The van der Waals surface area contributed by atoms with Crippen molar-refractivity contribution >= 4 is 5.71 Å². The largest absolute Gasteiger partial charge is 0.391 e. The fraction of sp³-hybridized carbons (Fsp3) is 0.500. The van der Waals surface area contributed by atoms with Gasteiger partial charge in [-0.2, -0.15) is 0 Å². The van der Waals surface area contributed by atoms with Crippen molar-refractivity contribution in [3.05, 3.63) is 30.1 Å². The van der Waals surface area contributed by atoms with Crippen molar-refractivity contribution in [3.8, 4) is 0 Å². The van der Waals surface area contributed by atoms with E-state index in [1.54, 1.807) is 12.4 Å². The Labute approximate surface area is 90.2 Å². The molecule has 1 heterocycles. The molecule has 0 N–H and O–H groups in total. The minimum Gasteiger partial charge on any atom is -0.391 e. The summed E-state index contributed by atoms with van der Waals surface area (Å²) < 4.78 is 0. The highest BCUT2D eigenvalue weighted by Crippen LogP contribution is 2.15. The topological polar surface area (TPSA) is 34.5 Å². The molecule has 0 aromatic carbocycles. The second-order valence-electron chi connectivity index (χ2n) is 3.85. The van der Waals surface area contributed by atoms with Crippen LogP contribution in [0.2, 0.25) is 0 Å². The van der Waals surface area contributed by atoms with Gasteiger partial charge in [0.15, 0.2) is 0 Å². The van der Waals surface area contributed by atoms with Gasteiger partial charge in [0.1, 0.15) is 6.61 Å². The van der Waals surface area contributed by atoms with Gasteiger partial charge in [-0.1, -0.05) is 17.6 Å². The Hall–Kier alpha value is -1.38. The first-order chi connectivity index (χ1) is 7.45. The highest BCUT2D eigenvalue weighted by molar-refractivity contribution is 5.84. The first kappa shape index (κ1) is 10.1. The third-order valence-electron chi connectivity index (χ3n) is 2.58. The number of hydrogen-bond donors (Lipinski definition) is 0. The Morgan fingerprint density at radius 1 is 1.27 bits per heavy atom. The fourth-order valence-corrected chi connectivity index (χ4v) is 1.73. The van der Waals surface area contributed by atoms with Crippen molar-refractivity contribution < 1.29 is 4.84 Å². The Kier molecular flexibility index (Phi) is 3.71. The summed E-state index contributed by atoms with van der Waals surface area (Å²) in [4.78, 5) is 9.33. The molecule has 0 radical (unpaired) electrons. The van der Waals surface area contributed by atoms with Crippen LogP contribution in [-0.4, -0.2) is 10.7 Å². The van der Waals surface area contributed by atoms with Crippen LogP contribution in [0.5, 0.6) is 0 Å². The molecule has 1 aliphatic rings. The molecule has 0 atom stereocenters. The molecule has 0 saturated heterocycles. The zero-order valence-electron chi connectivity index (χ0n) is 8.85. The minimum absolute atomic E-state index is 0.525. The molecule has 3 heteroatoms. The maximum Gasteiger partial charge on any atom is 0.143 e. The maximum absolute atomic E-state index is 5.31. The van der Waals surface area contributed by atoms with E-state index < -0.39 is 0 Å². The minimum atomic E-state index is 0.525. The molecule has 0 bridgehead atoms. The van der Waals surface area contributed by atoms with Crippen LogP contribution in [0.3, 0.4) is 0 Å². The second-order valence-corrected chi connectivity index (χ2v) is 3.85. The summed E-state index contributed by atoms with van der Waals surface area (Å²) in [5.41, 5.74) is 2.28. The first-order valence-electron chi connectivity index (χ1n) is 5.52. The summed E-state index contributed by atoms with van der Waals surface area (Å²) in [5, 5.41) is 4.17. The SMILES string of the molecule is c1cncc(CON=C2CCCCC2)c1. The lowest BCUT2D eigenvalue weighted by Gasteiger charge is -2.11. The fourth-order valence-electron chi connectivity index (χ4n) is 1.73. The van der Waals surface area contributed by atoms with Gasteiger partial charge in [-0.15, -0.1) is 0 Å². The lowest BCUT2D eigenvalue weighted by atomic mass is 9.99. The molecule has 2 rings (SSSR count). The normalized spacial score (nSPS) is 16.1. The van der Waals surface area contributed by atoms with Gasteiger partial charge in [-0.05, 0) is 31.7 Å². The van der Waals surface area contributed by atoms with Gasteiger partial charge < -0.3 is 4.84 Å². The van der Waals surface area contributed by atoms with E-state index in [-0.39, 0.29) is 0 Å². The van der Waals surface area contributed by atoms with E-state index in [1.807, 2.05) is 12.1 Å². The molecule has 1 aliphatic carbocycles. The predicted octanol–water partition coefficient (Wildman–Crippen LogP) is 2.92. The molecule has 3 nitrogen and oxygen atoms in total. The van der Waals surface area contributed by atoms with Gasteiger partial charge in [-0.25, -0.2) is 0 Å². The third kappa shape index (κ3) is 3.35. The molecule has 0 spiro atoms. The van der Waals surface area contributed by atoms with Gasteiger partial charge in [-0.3, -0.25) is 4.98 Å². The van der Waals surface area contributed by atoms with Gasteiger partial charge in [0, 0.05) is 18.0 Å². The van der Waals surface area contributed by atoms with E-state index in [0.717, 1.165) is 18.4 Å². The third-order valence-corrected chi connectivity index (χ3v) is 2.58. The van der Waals surface area contributed by atoms with Gasteiger partial charge >= 0.3 is 0 Å². The highest BCUT2D eigenvalue weighted by atomic mass is 16.6. The molecule has 1 aromatic rings. The second kappa shape index (κ2) is 5.49. The average molecular weight is 204 g/mol. The van der Waals surface area contributed by atoms with Crippen molar-refractivity contribution in [2.45, 2.75) is 38.7 Å². The van der Waals surface area contributed by atoms with Crippen LogP contribution >= 0.6 is 0 Å². The monoisotopic (exact) mass is 204 g/mol. The number of pyridine rings is 1. The molecule has 0 amide bonds. The van der Waals surface area contributed by atoms with Crippen LogP contribution in [-0.2, 0) is 11.4 Å². The van der Waals surface area contributed by atoms with E-state index in [4.69, 9.17) is 4.84 Å². The predicted molar refractivity (Wildman–Crippen MR) is 59.5 cm³/mol. The standard InChI is InChI=1S/C12H16N2O/c1-2-6-12(7-3-1)14-15-10-11-5-4-8-13-9-11/h4-5,8-9H,1-3,6-7,10H2. The molecular weight excluding hydrogens is 188 g/mol. The number of oxime groups is 1. The van der Waals surface area contributed by atoms with Crippen molar-refractivity contribution in [1.29, 1.82) is 0 Å². The molecular formula is C12H16N2O. The van der Waals surface area contributed by atoms with Gasteiger partial charge in [0.2, 0.25) is 0 Å². The number of nitrogens with zero attached hydrogens (tertiary/aromatic N) is 2. The van der Waals surface area contributed by atoms with Crippen LogP contribution in [0.4, 0.5) is 0 Å². The molecule has 1 fully saturated rings. The highest BCUT2D eigenvalue weighted by Gasteiger charge is 2.06. The van der Waals surface area contributed by atoms with Crippen molar-refractivity contribution in [3.63, 3.8) is 0 Å². The Morgan fingerprint density at radius 3 is 2.87 bits per heavy atom. The maximum atomic E-state index is 5.31. The number of rotatable bonds is 3. The van der Waals surface area contributed by atoms with Crippen LogP contribution in [0, 0.1) is 0 Å². The van der Waals surface area contributed by atoms with Crippen LogP contribution in [0.25, 0.3) is 0 Å². The lowest BCUT2D eigenvalue weighted by molar-refractivity contribution is 0.128. The van der Waals surface area contributed by atoms with E-state index in [1.165, 1.54) is 25.0 Å². The molecule has 80 valence electrons. The molecule has 15 heavy (non-hydrogen) atoms. The summed E-state index contributed by atoms with van der Waals surface area (Å²) in [5.74, 6) is 0. The smallest absolute Gasteiger partial charge is 0.143 e. The summed E-state index contributed by atoms with van der Waals surface area (Å²) in [7, 11) is 0. The van der Waals surface area contributed by atoms with Crippen molar-refractivity contribution in [1.82, 2.24) is 4.98 Å². The van der Waals surface area contributed by atoms with Gasteiger partial charge in [0.25, 0.3) is 0 Å². The summed E-state index contributed by atoms with van der Waals surface area (Å²) >= 11 is 0. The van der Waals surface area contributed by atoms with Crippen molar-refractivity contribution in [2.75, 3.05) is 0 Å². The first-order valence-corrected chi connectivity index (χ1v) is 5.52. The van der Waals surface area contributed by atoms with Crippen LogP contribution < -0.4 is 0 Å². The Morgan fingerprint density at radius 2 is 2.13 bits per heavy atom. The van der Waals surface area contributed by atoms with Gasteiger partial charge in [0.05, 0.1) is 5.71 Å². The number of aromatic nitrogens is 1. The summed E-state index contributed by atoms with van der Waals surface area (Å²) in [6.07, 6.45) is 9.63. The summed E-state index contributed by atoms with van der Waals surface area (Å²) in [6, 6.07) is 3.90. The average Bonchev–Trinajstić information content (AvgIpc) is 2.32. The quantitative estimate of drug-likeness (QED) is 0.709. The summed E-state index contributed by atoms with van der Waals surface area (Å²) in [6.45, 7) is 0.525. The van der Waals surface area contributed by atoms with Crippen molar-refractivity contribution in [2.24, 2.45) is 5.16 Å². The zero-order chi connectivity index (χ0) is 10.3. The molecule has 1 saturated carbocycles. The molecule has 0 aliphatic heterocycles. The van der Waals surface area contributed by atoms with E-state index in [9.17, 15) is 0 Å². The Balaban J connectivity index is 1.78. The zero-order valence-corrected chi connectivity index (χ0v) is 8.85. The molecule has 1 aromatic heterocycles. The lowest BCUT2D eigenvalue weighted by Crippen LogP contribution is -2.05.